The summed E-state index contributed by atoms with van der Waals surface area (Å²) in [5, 5.41) is 3.35. The average molecular weight is 233 g/mol. The van der Waals surface area contributed by atoms with Crippen molar-refractivity contribution in [2.75, 3.05) is 14.2 Å². The van der Waals surface area contributed by atoms with Gasteiger partial charge in [0.05, 0.1) is 7.11 Å². The summed E-state index contributed by atoms with van der Waals surface area (Å²) >= 11 is 0. The van der Waals surface area contributed by atoms with E-state index in [1.807, 2.05) is 19.2 Å². The fourth-order valence-corrected chi connectivity index (χ4v) is 1.91. The molecule has 0 bridgehead atoms. The van der Waals surface area contributed by atoms with Gasteiger partial charge in [-0.2, -0.15) is 0 Å². The highest BCUT2D eigenvalue weighted by molar-refractivity contribution is 5.34. The normalized spacial score (nSPS) is 12.2. The molecule has 0 aromatic heterocycles. The van der Waals surface area contributed by atoms with Gasteiger partial charge in [0.2, 0.25) is 0 Å². The number of benzene rings is 1. The zero-order valence-electron chi connectivity index (χ0n) is 11.1. The summed E-state index contributed by atoms with van der Waals surface area (Å²) < 4.78 is 5.37. The van der Waals surface area contributed by atoms with Gasteiger partial charge in [-0.25, -0.2) is 0 Å². The van der Waals surface area contributed by atoms with E-state index in [0.29, 0.717) is 6.04 Å². The monoisotopic (exact) mass is 233 g/mol. The Labute approximate surface area is 105 Å². The van der Waals surface area contributed by atoms with Gasteiger partial charge in [-0.1, -0.05) is 37.3 Å². The lowest BCUT2D eigenvalue weighted by atomic mass is 9.98. The predicted molar refractivity (Wildman–Crippen MR) is 73.6 cm³/mol. The van der Waals surface area contributed by atoms with Gasteiger partial charge in [0.1, 0.15) is 5.75 Å². The van der Waals surface area contributed by atoms with E-state index in [2.05, 4.69) is 31.0 Å². The van der Waals surface area contributed by atoms with E-state index in [4.69, 9.17) is 4.74 Å². The smallest absolute Gasteiger partial charge is 0.122 e. The van der Waals surface area contributed by atoms with Crippen LogP contribution in [0.25, 0.3) is 0 Å². The summed E-state index contributed by atoms with van der Waals surface area (Å²) in [5.41, 5.74) is 2.54. The molecule has 0 aliphatic rings. The zero-order valence-corrected chi connectivity index (χ0v) is 11.1. The highest BCUT2D eigenvalue weighted by Crippen LogP contribution is 2.20. The summed E-state index contributed by atoms with van der Waals surface area (Å²) in [4.78, 5) is 0. The minimum absolute atomic E-state index is 0.429. The van der Waals surface area contributed by atoms with Crippen LogP contribution >= 0.6 is 0 Å². The van der Waals surface area contributed by atoms with E-state index in [9.17, 15) is 0 Å². The van der Waals surface area contributed by atoms with Crippen molar-refractivity contribution in [3.63, 3.8) is 0 Å². The lowest BCUT2D eigenvalue weighted by Crippen LogP contribution is -2.28. The first kappa shape index (κ1) is 13.8. The number of hydrogen-bond donors (Lipinski definition) is 1. The van der Waals surface area contributed by atoms with Gasteiger partial charge >= 0.3 is 0 Å². The molecule has 0 fully saturated rings. The lowest BCUT2D eigenvalue weighted by molar-refractivity contribution is 0.405. The van der Waals surface area contributed by atoms with Gasteiger partial charge in [0.15, 0.2) is 0 Å². The molecule has 0 saturated carbocycles. The van der Waals surface area contributed by atoms with Crippen LogP contribution in [0.2, 0.25) is 0 Å². The molecule has 2 heteroatoms. The predicted octanol–water partition coefficient (Wildman–Crippen LogP) is 3.18. The molecule has 2 nitrogen and oxygen atoms in total. The zero-order chi connectivity index (χ0) is 12.7. The van der Waals surface area contributed by atoms with E-state index >= 15 is 0 Å². The quantitative estimate of drug-likeness (QED) is 0.730. The van der Waals surface area contributed by atoms with Crippen LogP contribution in [-0.2, 0) is 6.42 Å². The first-order valence-electron chi connectivity index (χ1n) is 6.17. The molecule has 1 rings (SSSR count). The first-order chi connectivity index (χ1) is 8.21. The summed E-state index contributed by atoms with van der Waals surface area (Å²) in [5.74, 6) is 0.967. The van der Waals surface area contributed by atoms with Gasteiger partial charge in [-0.3, -0.25) is 0 Å². The molecule has 1 N–H and O–H groups in total. The minimum Gasteiger partial charge on any atom is -0.496 e. The van der Waals surface area contributed by atoms with Crippen LogP contribution in [0.15, 0.2) is 36.4 Å². The van der Waals surface area contributed by atoms with Gasteiger partial charge in [0, 0.05) is 6.04 Å². The molecule has 94 valence electrons. The summed E-state index contributed by atoms with van der Waals surface area (Å²) in [6.07, 6.45) is 3.04. The van der Waals surface area contributed by atoms with Crippen molar-refractivity contribution in [3.8, 4) is 5.75 Å². The Bertz CT molecular complexity index is 360. The van der Waals surface area contributed by atoms with Crippen molar-refractivity contribution in [2.45, 2.75) is 32.2 Å². The fourth-order valence-electron chi connectivity index (χ4n) is 1.91. The van der Waals surface area contributed by atoms with Gasteiger partial charge < -0.3 is 10.1 Å². The number of hydrogen-bond acceptors (Lipinski definition) is 2. The number of methoxy groups -OCH3 is 1. The summed E-state index contributed by atoms with van der Waals surface area (Å²) in [7, 11) is 3.72. The average Bonchev–Trinajstić information content (AvgIpc) is 2.38. The molecular formula is C15H23NO. The number of para-hydroxylation sites is 1. The number of likely N-dealkylation sites (N-methyl/N-ethyl adjacent to an activating group) is 1. The molecule has 0 amide bonds. The molecule has 1 aromatic rings. The largest absolute Gasteiger partial charge is 0.496 e. The molecule has 0 aliphatic carbocycles. The number of ether oxygens (including phenoxy) is 1. The standard InChI is InChI=1S/C15H23NO/c1-5-12(2)10-14(16-3)11-13-8-6-7-9-15(13)17-4/h6-9,14,16H,2,5,10-11H2,1,3-4H3. The van der Waals surface area contributed by atoms with Gasteiger partial charge in [0.25, 0.3) is 0 Å². The molecule has 17 heavy (non-hydrogen) atoms. The molecule has 1 atom stereocenters. The Morgan fingerprint density at radius 1 is 1.41 bits per heavy atom. The Kier molecular flexibility index (Phi) is 5.78. The van der Waals surface area contributed by atoms with Crippen molar-refractivity contribution in [1.82, 2.24) is 5.32 Å². The number of nitrogens with one attached hydrogen (secondary N) is 1. The SMILES string of the molecule is C=C(CC)CC(Cc1ccccc1OC)NC. The maximum atomic E-state index is 5.37. The Balaban J connectivity index is 2.69. The lowest BCUT2D eigenvalue weighted by Gasteiger charge is -2.18. The first-order valence-corrected chi connectivity index (χ1v) is 6.17. The second-order valence-corrected chi connectivity index (χ2v) is 4.31. The highest BCUT2D eigenvalue weighted by Gasteiger charge is 2.11. The summed E-state index contributed by atoms with van der Waals surface area (Å²) in [6, 6.07) is 8.62. The van der Waals surface area contributed by atoms with Crippen LogP contribution < -0.4 is 10.1 Å². The van der Waals surface area contributed by atoms with Gasteiger partial charge in [-0.15, -0.1) is 0 Å². The van der Waals surface area contributed by atoms with Crippen LogP contribution in [0, 0.1) is 0 Å². The van der Waals surface area contributed by atoms with Crippen LogP contribution in [-0.4, -0.2) is 20.2 Å². The molecule has 0 spiro atoms. The maximum absolute atomic E-state index is 5.37. The molecular weight excluding hydrogens is 210 g/mol. The van der Waals surface area contributed by atoms with Crippen molar-refractivity contribution in [3.05, 3.63) is 42.0 Å². The fraction of sp³-hybridized carbons (Fsp3) is 0.467. The maximum Gasteiger partial charge on any atom is 0.122 e. The van der Waals surface area contributed by atoms with Crippen molar-refractivity contribution in [2.24, 2.45) is 0 Å². The topological polar surface area (TPSA) is 21.3 Å². The van der Waals surface area contributed by atoms with E-state index in [-0.39, 0.29) is 0 Å². The summed E-state index contributed by atoms with van der Waals surface area (Å²) in [6.45, 7) is 6.22. The molecule has 0 saturated heterocycles. The molecule has 0 aliphatic heterocycles. The van der Waals surface area contributed by atoms with Gasteiger partial charge in [-0.05, 0) is 37.9 Å². The van der Waals surface area contributed by atoms with Crippen LogP contribution in [0.3, 0.4) is 0 Å². The molecule has 0 heterocycles. The molecule has 0 radical (unpaired) electrons. The van der Waals surface area contributed by atoms with Crippen LogP contribution in [0.5, 0.6) is 5.75 Å². The van der Waals surface area contributed by atoms with Crippen molar-refractivity contribution >= 4 is 0 Å². The third kappa shape index (κ3) is 4.23. The van der Waals surface area contributed by atoms with Crippen LogP contribution in [0.1, 0.15) is 25.3 Å². The van der Waals surface area contributed by atoms with Crippen molar-refractivity contribution < 1.29 is 4.74 Å². The van der Waals surface area contributed by atoms with E-state index in [1.54, 1.807) is 7.11 Å². The Hall–Kier alpha value is -1.28. The molecule has 1 aromatic carbocycles. The second-order valence-electron chi connectivity index (χ2n) is 4.31. The van der Waals surface area contributed by atoms with E-state index in [1.165, 1.54) is 11.1 Å². The van der Waals surface area contributed by atoms with Crippen LogP contribution in [0.4, 0.5) is 0 Å². The second kappa shape index (κ2) is 7.13. The van der Waals surface area contributed by atoms with E-state index < -0.39 is 0 Å². The minimum atomic E-state index is 0.429. The van der Waals surface area contributed by atoms with Crippen molar-refractivity contribution in [1.29, 1.82) is 0 Å². The number of rotatable bonds is 7. The third-order valence-electron chi connectivity index (χ3n) is 3.10. The van der Waals surface area contributed by atoms with E-state index in [0.717, 1.165) is 25.0 Å². The molecule has 1 unspecified atom stereocenters. The highest BCUT2D eigenvalue weighted by atomic mass is 16.5. The Morgan fingerprint density at radius 2 is 2.12 bits per heavy atom. The Morgan fingerprint density at radius 3 is 2.71 bits per heavy atom. The third-order valence-corrected chi connectivity index (χ3v) is 3.10.